The lowest BCUT2D eigenvalue weighted by Crippen LogP contribution is -2.54. The summed E-state index contributed by atoms with van der Waals surface area (Å²) in [5.74, 6) is -0.157. The number of hydrogen-bond donors (Lipinski definition) is 3. The first-order valence-electron chi connectivity index (χ1n) is 10.4. The van der Waals surface area contributed by atoms with Crippen LogP contribution in [0.1, 0.15) is 26.7 Å². The fraction of sp³-hybridized carbons (Fsp3) is 0.600. The van der Waals surface area contributed by atoms with E-state index < -0.39 is 16.1 Å². The molecular formula is C20H30N4O6S. The standard InChI is InChI=1S/C20H30N4O6S/c1-13(2)19(20(26)22-14-5-7-24(8-6-14)12-18(21)25)23-31(27,28)15-3-4-16-17(11-15)30-10-9-29-16/h3-4,11,13-14,19,23H,5-10,12H2,1-2H3,(H2,21,25)(H,22,26)/t19-/m0/s1. The number of amides is 2. The molecule has 1 atom stereocenters. The van der Waals surface area contributed by atoms with Gasteiger partial charge in [-0.25, -0.2) is 8.42 Å². The number of nitrogens with two attached hydrogens (primary N) is 1. The number of benzene rings is 1. The van der Waals surface area contributed by atoms with Crippen molar-refractivity contribution < 1.29 is 27.5 Å². The van der Waals surface area contributed by atoms with Crippen molar-refractivity contribution in [2.45, 2.75) is 43.7 Å². The van der Waals surface area contributed by atoms with Gasteiger partial charge in [0.15, 0.2) is 11.5 Å². The first-order chi connectivity index (χ1) is 14.7. The summed E-state index contributed by atoms with van der Waals surface area (Å²) in [5, 5.41) is 2.94. The predicted octanol–water partition coefficient (Wildman–Crippen LogP) is -0.173. The Morgan fingerprint density at radius 2 is 1.81 bits per heavy atom. The van der Waals surface area contributed by atoms with E-state index in [1.807, 2.05) is 4.90 Å². The quantitative estimate of drug-likeness (QED) is 0.495. The molecule has 1 aromatic carbocycles. The predicted molar refractivity (Wildman–Crippen MR) is 113 cm³/mol. The summed E-state index contributed by atoms with van der Waals surface area (Å²) in [7, 11) is -3.95. The number of rotatable bonds is 8. The molecule has 0 aromatic heterocycles. The molecule has 1 saturated heterocycles. The molecule has 1 aromatic rings. The number of sulfonamides is 1. The number of carbonyl (C=O) groups excluding carboxylic acids is 2. The summed E-state index contributed by atoms with van der Waals surface area (Å²) < 4.78 is 39.3. The summed E-state index contributed by atoms with van der Waals surface area (Å²) >= 11 is 0. The van der Waals surface area contributed by atoms with Crippen molar-refractivity contribution in [1.29, 1.82) is 0 Å². The lowest BCUT2D eigenvalue weighted by Gasteiger charge is -2.32. The molecule has 0 saturated carbocycles. The molecule has 2 aliphatic rings. The van der Waals surface area contributed by atoms with E-state index in [9.17, 15) is 18.0 Å². The molecule has 0 radical (unpaired) electrons. The van der Waals surface area contributed by atoms with Crippen molar-refractivity contribution in [3.8, 4) is 11.5 Å². The minimum absolute atomic E-state index is 0.00922. The Labute approximate surface area is 182 Å². The highest BCUT2D eigenvalue weighted by molar-refractivity contribution is 7.89. The van der Waals surface area contributed by atoms with E-state index in [1.165, 1.54) is 12.1 Å². The van der Waals surface area contributed by atoms with Crippen LogP contribution in [0.15, 0.2) is 23.1 Å². The Hall–Kier alpha value is -2.37. The van der Waals surface area contributed by atoms with Crippen LogP contribution in [0.25, 0.3) is 0 Å². The van der Waals surface area contributed by atoms with E-state index in [1.54, 1.807) is 19.9 Å². The number of ether oxygens (including phenoxy) is 2. The number of primary amides is 1. The van der Waals surface area contributed by atoms with Crippen molar-refractivity contribution in [2.24, 2.45) is 11.7 Å². The van der Waals surface area contributed by atoms with Crippen LogP contribution in [0.5, 0.6) is 11.5 Å². The van der Waals surface area contributed by atoms with Crippen LogP contribution in [-0.4, -0.2) is 70.1 Å². The second-order valence-corrected chi connectivity index (χ2v) is 9.89. The van der Waals surface area contributed by atoms with Gasteiger partial charge in [0.1, 0.15) is 19.3 Å². The largest absolute Gasteiger partial charge is 0.486 e. The number of nitrogens with zero attached hydrogens (tertiary/aromatic N) is 1. The van der Waals surface area contributed by atoms with Crippen molar-refractivity contribution in [1.82, 2.24) is 14.9 Å². The molecular weight excluding hydrogens is 424 g/mol. The van der Waals surface area contributed by atoms with E-state index >= 15 is 0 Å². The van der Waals surface area contributed by atoms with Gasteiger partial charge in [0, 0.05) is 25.2 Å². The molecule has 0 bridgehead atoms. The van der Waals surface area contributed by atoms with Crippen LogP contribution in [0.3, 0.4) is 0 Å². The second-order valence-electron chi connectivity index (χ2n) is 8.17. The molecule has 3 rings (SSSR count). The van der Waals surface area contributed by atoms with Gasteiger partial charge in [0.25, 0.3) is 0 Å². The second kappa shape index (κ2) is 9.84. The Balaban J connectivity index is 1.64. The average Bonchev–Trinajstić information content (AvgIpc) is 2.72. The molecule has 1 fully saturated rings. The molecule has 2 amide bonds. The van der Waals surface area contributed by atoms with Crippen molar-refractivity contribution in [3.63, 3.8) is 0 Å². The highest BCUT2D eigenvalue weighted by atomic mass is 32.2. The van der Waals surface area contributed by atoms with E-state index in [0.29, 0.717) is 50.6 Å². The molecule has 0 unspecified atom stereocenters. The molecule has 2 heterocycles. The highest BCUT2D eigenvalue weighted by Gasteiger charge is 2.31. The minimum Gasteiger partial charge on any atom is -0.486 e. The number of carbonyl (C=O) groups is 2. The smallest absolute Gasteiger partial charge is 0.241 e. The molecule has 0 aliphatic carbocycles. The van der Waals surface area contributed by atoms with Gasteiger partial charge < -0.3 is 20.5 Å². The molecule has 10 nitrogen and oxygen atoms in total. The Kier molecular flexibility index (Phi) is 7.39. The summed E-state index contributed by atoms with van der Waals surface area (Å²) in [6.45, 7) is 5.81. The van der Waals surface area contributed by atoms with Crippen LogP contribution in [0.2, 0.25) is 0 Å². The lowest BCUT2D eigenvalue weighted by atomic mass is 10.0. The van der Waals surface area contributed by atoms with E-state index in [4.69, 9.17) is 15.2 Å². The third kappa shape index (κ3) is 6.08. The molecule has 0 spiro atoms. The molecule has 11 heteroatoms. The number of likely N-dealkylation sites (tertiary alicyclic amines) is 1. The number of piperidine rings is 1. The normalized spacial score (nSPS) is 18.5. The molecule has 172 valence electrons. The van der Waals surface area contributed by atoms with Gasteiger partial charge in [0.2, 0.25) is 21.8 Å². The maximum atomic E-state index is 12.9. The van der Waals surface area contributed by atoms with Crippen LogP contribution >= 0.6 is 0 Å². The fourth-order valence-corrected chi connectivity index (χ4v) is 5.02. The number of hydrogen-bond acceptors (Lipinski definition) is 7. The van der Waals surface area contributed by atoms with Crippen molar-refractivity contribution >= 4 is 21.8 Å². The zero-order valence-corrected chi connectivity index (χ0v) is 18.6. The first-order valence-corrected chi connectivity index (χ1v) is 11.9. The molecule has 4 N–H and O–H groups in total. The van der Waals surface area contributed by atoms with Crippen LogP contribution in [0, 0.1) is 5.92 Å². The molecule has 2 aliphatic heterocycles. The minimum atomic E-state index is -3.95. The van der Waals surface area contributed by atoms with Gasteiger partial charge in [-0.05, 0) is 30.9 Å². The van der Waals surface area contributed by atoms with Gasteiger partial charge in [-0.3, -0.25) is 14.5 Å². The van der Waals surface area contributed by atoms with Gasteiger partial charge in [0.05, 0.1) is 11.4 Å². The van der Waals surface area contributed by atoms with E-state index in [2.05, 4.69) is 10.0 Å². The third-order valence-corrected chi connectivity index (χ3v) is 6.81. The summed E-state index contributed by atoms with van der Waals surface area (Å²) in [6, 6.07) is 3.37. The van der Waals surface area contributed by atoms with Crippen molar-refractivity contribution in [3.05, 3.63) is 18.2 Å². The average molecular weight is 455 g/mol. The first kappa shape index (κ1) is 23.3. The van der Waals surface area contributed by atoms with Gasteiger partial charge in [-0.1, -0.05) is 13.8 Å². The SMILES string of the molecule is CC(C)[C@H](NS(=O)(=O)c1ccc2c(c1)OCCO2)C(=O)NC1CCN(CC(N)=O)CC1. The zero-order chi connectivity index (χ0) is 22.6. The maximum absolute atomic E-state index is 12.9. The monoisotopic (exact) mass is 454 g/mol. The van der Waals surface area contributed by atoms with Crippen LogP contribution in [0.4, 0.5) is 0 Å². The topological polar surface area (TPSA) is 140 Å². The van der Waals surface area contributed by atoms with Gasteiger partial charge in [-0.2, -0.15) is 4.72 Å². The Morgan fingerprint density at radius 3 is 2.42 bits per heavy atom. The highest BCUT2D eigenvalue weighted by Crippen LogP contribution is 2.32. The maximum Gasteiger partial charge on any atom is 0.241 e. The summed E-state index contributed by atoms with van der Waals surface area (Å²) in [5.41, 5.74) is 5.23. The van der Waals surface area contributed by atoms with Gasteiger partial charge >= 0.3 is 0 Å². The van der Waals surface area contributed by atoms with Crippen LogP contribution < -0.4 is 25.2 Å². The Bertz CT molecular complexity index is 912. The van der Waals surface area contributed by atoms with Crippen molar-refractivity contribution in [2.75, 3.05) is 32.8 Å². The zero-order valence-electron chi connectivity index (χ0n) is 17.8. The van der Waals surface area contributed by atoms with E-state index in [0.717, 1.165) is 0 Å². The third-order valence-electron chi connectivity index (χ3n) is 5.37. The number of fused-ring (bicyclic) bond motifs is 1. The van der Waals surface area contributed by atoms with E-state index in [-0.39, 0.29) is 35.2 Å². The number of nitrogens with one attached hydrogen (secondary N) is 2. The lowest BCUT2D eigenvalue weighted by molar-refractivity contribution is -0.125. The van der Waals surface area contributed by atoms with Gasteiger partial charge in [-0.15, -0.1) is 0 Å². The summed E-state index contributed by atoms with van der Waals surface area (Å²) in [6.07, 6.45) is 1.33. The van der Waals surface area contributed by atoms with Crippen LogP contribution in [-0.2, 0) is 19.6 Å². The summed E-state index contributed by atoms with van der Waals surface area (Å²) in [4.78, 5) is 25.9. The fourth-order valence-electron chi connectivity index (χ4n) is 3.67. The Morgan fingerprint density at radius 1 is 1.16 bits per heavy atom. The molecule has 31 heavy (non-hydrogen) atoms.